The first-order chi connectivity index (χ1) is 11.9. The molecule has 2 aromatic rings. The summed E-state index contributed by atoms with van der Waals surface area (Å²) in [7, 11) is 1.61. The molecule has 1 aromatic heterocycles. The summed E-state index contributed by atoms with van der Waals surface area (Å²) >= 11 is 0. The van der Waals surface area contributed by atoms with Crippen LogP contribution in [0, 0.1) is 12.8 Å². The summed E-state index contributed by atoms with van der Waals surface area (Å²) in [6.45, 7) is 2.37. The van der Waals surface area contributed by atoms with Gasteiger partial charge in [-0.05, 0) is 44.0 Å². The summed E-state index contributed by atoms with van der Waals surface area (Å²) in [6, 6.07) is 7.48. The number of aliphatic hydroxyl groups excluding tert-OH is 1. The first kappa shape index (κ1) is 17.5. The lowest BCUT2D eigenvalue weighted by atomic mass is 9.86. The van der Waals surface area contributed by atoms with E-state index in [0.717, 1.165) is 42.3 Å². The van der Waals surface area contributed by atoms with Crippen LogP contribution in [0.2, 0.25) is 0 Å². The monoisotopic (exact) mass is 343 g/mol. The molecule has 3 rings (SSSR count). The Hall–Kier alpha value is -2.34. The van der Waals surface area contributed by atoms with Crippen molar-refractivity contribution in [1.82, 2.24) is 9.88 Å². The Balaban J connectivity index is 1.61. The molecule has 1 fully saturated rings. The van der Waals surface area contributed by atoms with Gasteiger partial charge in [0.2, 0.25) is 0 Å². The van der Waals surface area contributed by atoms with E-state index >= 15 is 0 Å². The standard InChI is InChI=1S/C19H25N3O3/c1-12-9-14-10-15(7-8-16(14)20-12)21-18(24)19(25)22(2)11-13-5-3-4-6-17(13)23/h7-10,13,17,20,23H,3-6,11H2,1-2H3,(H,21,24). The molecule has 25 heavy (non-hydrogen) atoms. The quantitative estimate of drug-likeness (QED) is 0.748. The summed E-state index contributed by atoms with van der Waals surface area (Å²) in [5.74, 6) is -1.18. The number of aromatic nitrogens is 1. The van der Waals surface area contributed by atoms with Gasteiger partial charge >= 0.3 is 11.8 Å². The number of amides is 2. The number of carbonyl (C=O) groups excluding carboxylic acids is 2. The normalized spacial score (nSPS) is 20.4. The van der Waals surface area contributed by atoms with Crippen molar-refractivity contribution >= 4 is 28.4 Å². The van der Waals surface area contributed by atoms with Gasteiger partial charge in [0.15, 0.2) is 0 Å². The third-order valence-electron chi connectivity index (χ3n) is 4.93. The molecule has 0 spiro atoms. The number of hydrogen-bond donors (Lipinski definition) is 3. The molecule has 2 atom stereocenters. The molecular weight excluding hydrogens is 318 g/mol. The maximum absolute atomic E-state index is 12.3. The second kappa shape index (κ2) is 7.27. The van der Waals surface area contributed by atoms with Crippen LogP contribution in [0.4, 0.5) is 5.69 Å². The number of H-pyrrole nitrogens is 1. The Kier molecular flexibility index (Phi) is 5.08. The zero-order chi connectivity index (χ0) is 18.0. The zero-order valence-electron chi connectivity index (χ0n) is 14.7. The number of rotatable bonds is 3. The molecule has 3 N–H and O–H groups in total. The number of fused-ring (bicyclic) bond motifs is 1. The molecule has 0 radical (unpaired) electrons. The molecule has 0 saturated heterocycles. The van der Waals surface area contributed by atoms with E-state index in [4.69, 9.17) is 0 Å². The highest BCUT2D eigenvalue weighted by Crippen LogP contribution is 2.25. The van der Waals surface area contributed by atoms with E-state index in [1.54, 1.807) is 13.1 Å². The van der Waals surface area contributed by atoms with Crippen molar-refractivity contribution in [1.29, 1.82) is 0 Å². The molecule has 6 heteroatoms. The lowest BCUT2D eigenvalue weighted by Gasteiger charge is -2.30. The fraction of sp³-hybridized carbons (Fsp3) is 0.474. The van der Waals surface area contributed by atoms with Crippen molar-refractivity contribution in [2.75, 3.05) is 18.9 Å². The third-order valence-corrected chi connectivity index (χ3v) is 4.93. The van der Waals surface area contributed by atoms with Crippen molar-refractivity contribution in [3.05, 3.63) is 30.0 Å². The van der Waals surface area contributed by atoms with Crippen molar-refractivity contribution in [2.24, 2.45) is 5.92 Å². The summed E-state index contributed by atoms with van der Waals surface area (Å²) in [4.78, 5) is 29.2. The number of carbonyl (C=O) groups is 2. The van der Waals surface area contributed by atoms with E-state index in [0.29, 0.717) is 12.2 Å². The molecule has 1 aromatic carbocycles. The maximum Gasteiger partial charge on any atom is 0.313 e. The minimum atomic E-state index is -0.653. The smallest absolute Gasteiger partial charge is 0.313 e. The van der Waals surface area contributed by atoms with Gasteiger partial charge in [-0.2, -0.15) is 0 Å². The Morgan fingerprint density at radius 1 is 1.28 bits per heavy atom. The van der Waals surface area contributed by atoms with E-state index in [9.17, 15) is 14.7 Å². The highest BCUT2D eigenvalue weighted by Gasteiger charge is 2.27. The molecule has 1 heterocycles. The van der Waals surface area contributed by atoms with Crippen LogP contribution >= 0.6 is 0 Å². The van der Waals surface area contributed by atoms with Crippen LogP contribution in [-0.4, -0.2) is 46.5 Å². The van der Waals surface area contributed by atoms with Gasteiger partial charge in [-0.15, -0.1) is 0 Å². The van der Waals surface area contributed by atoms with Crippen molar-refractivity contribution in [2.45, 2.75) is 38.7 Å². The highest BCUT2D eigenvalue weighted by molar-refractivity contribution is 6.39. The average molecular weight is 343 g/mol. The second-order valence-electron chi connectivity index (χ2n) is 7.01. The fourth-order valence-corrected chi connectivity index (χ4v) is 3.55. The molecule has 0 aliphatic heterocycles. The molecule has 2 unspecified atom stereocenters. The average Bonchev–Trinajstić information content (AvgIpc) is 2.95. The summed E-state index contributed by atoms with van der Waals surface area (Å²) < 4.78 is 0. The van der Waals surface area contributed by atoms with E-state index in [1.165, 1.54) is 4.90 Å². The van der Waals surface area contributed by atoms with Crippen LogP contribution in [0.5, 0.6) is 0 Å². The predicted molar refractivity (Wildman–Crippen MR) is 97.3 cm³/mol. The minimum Gasteiger partial charge on any atom is -0.393 e. The van der Waals surface area contributed by atoms with E-state index in [2.05, 4.69) is 10.3 Å². The van der Waals surface area contributed by atoms with Gasteiger partial charge < -0.3 is 20.3 Å². The number of hydrogen-bond acceptors (Lipinski definition) is 3. The zero-order valence-corrected chi connectivity index (χ0v) is 14.7. The van der Waals surface area contributed by atoms with Crippen LogP contribution in [0.1, 0.15) is 31.4 Å². The Labute approximate surface area is 147 Å². The first-order valence-electron chi connectivity index (χ1n) is 8.78. The number of nitrogens with zero attached hydrogens (tertiary/aromatic N) is 1. The second-order valence-corrected chi connectivity index (χ2v) is 7.01. The summed E-state index contributed by atoms with van der Waals surface area (Å²) in [5, 5.41) is 13.7. The Morgan fingerprint density at radius 3 is 2.80 bits per heavy atom. The molecule has 1 aliphatic carbocycles. The SMILES string of the molecule is Cc1cc2cc(NC(=O)C(=O)N(C)CC3CCCCC3O)ccc2[nH]1. The van der Waals surface area contributed by atoms with Gasteiger partial charge in [-0.1, -0.05) is 12.8 Å². The van der Waals surface area contributed by atoms with Gasteiger partial charge in [0.1, 0.15) is 0 Å². The van der Waals surface area contributed by atoms with Gasteiger partial charge in [0.25, 0.3) is 0 Å². The predicted octanol–water partition coefficient (Wildman–Crippen LogP) is 2.42. The van der Waals surface area contributed by atoms with E-state index in [1.807, 2.05) is 25.1 Å². The van der Waals surface area contributed by atoms with E-state index in [-0.39, 0.29) is 12.0 Å². The number of benzene rings is 1. The molecule has 0 bridgehead atoms. The number of aryl methyl sites for hydroxylation is 1. The molecule has 6 nitrogen and oxygen atoms in total. The van der Waals surface area contributed by atoms with Gasteiger partial charge in [0.05, 0.1) is 6.10 Å². The molecule has 1 aliphatic rings. The minimum absolute atomic E-state index is 0.0506. The Morgan fingerprint density at radius 2 is 2.04 bits per heavy atom. The molecule has 1 saturated carbocycles. The molecule has 2 amide bonds. The number of likely N-dealkylation sites (N-methyl/N-ethyl adjacent to an activating group) is 1. The van der Waals surface area contributed by atoms with Crippen LogP contribution < -0.4 is 5.32 Å². The maximum atomic E-state index is 12.3. The lowest BCUT2D eigenvalue weighted by Crippen LogP contribution is -2.42. The van der Waals surface area contributed by atoms with Crippen LogP contribution in [0.15, 0.2) is 24.3 Å². The van der Waals surface area contributed by atoms with Crippen LogP contribution in [0.3, 0.4) is 0 Å². The van der Waals surface area contributed by atoms with Crippen molar-refractivity contribution < 1.29 is 14.7 Å². The molecular formula is C19H25N3O3. The third kappa shape index (κ3) is 4.02. The van der Waals surface area contributed by atoms with Crippen molar-refractivity contribution in [3.8, 4) is 0 Å². The summed E-state index contributed by atoms with van der Waals surface area (Å²) in [5.41, 5.74) is 2.63. The van der Waals surface area contributed by atoms with Crippen LogP contribution in [-0.2, 0) is 9.59 Å². The number of aliphatic hydroxyl groups is 1. The lowest BCUT2D eigenvalue weighted by molar-refractivity contribution is -0.143. The number of anilines is 1. The molecule has 134 valence electrons. The fourth-order valence-electron chi connectivity index (χ4n) is 3.55. The van der Waals surface area contributed by atoms with Gasteiger partial charge in [-0.25, -0.2) is 0 Å². The van der Waals surface area contributed by atoms with Crippen LogP contribution in [0.25, 0.3) is 10.9 Å². The topological polar surface area (TPSA) is 85.4 Å². The highest BCUT2D eigenvalue weighted by atomic mass is 16.3. The summed E-state index contributed by atoms with van der Waals surface area (Å²) in [6.07, 6.45) is 3.37. The number of aromatic amines is 1. The number of nitrogens with one attached hydrogen (secondary N) is 2. The van der Waals surface area contributed by atoms with Gasteiger partial charge in [0, 0.05) is 41.8 Å². The van der Waals surface area contributed by atoms with E-state index < -0.39 is 11.8 Å². The first-order valence-corrected chi connectivity index (χ1v) is 8.78. The Bertz CT molecular complexity index is 783. The van der Waals surface area contributed by atoms with Crippen molar-refractivity contribution in [3.63, 3.8) is 0 Å². The largest absolute Gasteiger partial charge is 0.393 e. The van der Waals surface area contributed by atoms with Gasteiger partial charge in [-0.3, -0.25) is 9.59 Å².